The van der Waals surface area contributed by atoms with E-state index in [0.717, 1.165) is 11.1 Å². The number of carbonyl (C=O) groups is 1. The molecule has 0 atom stereocenters. The Labute approximate surface area is 119 Å². The minimum Gasteiger partial charge on any atom is -0.333 e. The van der Waals surface area contributed by atoms with Crippen molar-refractivity contribution >= 4 is 18.5 Å². The summed E-state index contributed by atoms with van der Waals surface area (Å²) in [5, 5.41) is 0. The van der Waals surface area contributed by atoms with Crippen LogP contribution in [-0.2, 0) is 17.9 Å². The van der Waals surface area contributed by atoms with Crippen molar-refractivity contribution in [1.82, 2.24) is 4.90 Å². The first kappa shape index (κ1) is 13.7. The van der Waals surface area contributed by atoms with E-state index in [1.165, 1.54) is 0 Å². The van der Waals surface area contributed by atoms with Crippen molar-refractivity contribution in [2.24, 2.45) is 0 Å². The number of rotatable bonds is 5. The topological polar surface area (TPSA) is 20.3 Å². The molecule has 0 aliphatic heterocycles. The first-order chi connectivity index (χ1) is 9.29. The van der Waals surface area contributed by atoms with Crippen LogP contribution in [0.5, 0.6) is 0 Å². The lowest BCUT2D eigenvalue weighted by Crippen LogP contribution is -2.31. The predicted octanol–water partition coefficient (Wildman–Crippen LogP) is 3.15. The number of thiol groups is 1. The van der Waals surface area contributed by atoms with Gasteiger partial charge in [0.2, 0.25) is 5.91 Å². The van der Waals surface area contributed by atoms with Crippen LogP contribution in [0.3, 0.4) is 0 Å². The third-order valence-corrected chi connectivity index (χ3v) is 3.19. The van der Waals surface area contributed by atoms with Gasteiger partial charge in [0.25, 0.3) is 0 Å². The van der Waals surface area contributed by atoms with E-state index in [0.29, 0.717) is 13.1 Å². The number of benzene rings is 2. The van der Waals surface area contributed by atoms with Gasteiger partial charge < -0.3 is 4.90 Å². The Morgan fingerprint density at radius 3 is 1.63 bits per heavy atom. The quantitative estimate of drug-likeness (QED) is 0.828. The van der Waals surface area contributed by atoms with Gasteiger partial charge in [-0.1, -0.05) is 60.7 Å². The van der Waals surface area contributed by atoms with Gasteiger partial charge in [-0.2, -0.15) is 12.6 Å². The highest BCUT2D eigenvalue weighted by molar-refractivity contribution is 7.81. The number of hydrogen-bond donors (Lipinski definition) is 1. The van der Waals surface area contributed by atoms with E-state index in [1.807, 2.05) is 65.6 Å². The Kier molecular flexibility index (Phi) is 5.04. The molecule has 2 aromatic rings. The summed E-state index contributed by atoms with van der Waals surface area (Å²) in [6, 6.07) is 20.0. The van der Waals surface area contributed by atoms with Gasteiger partial charge in [0, 0.05) is 13.1 Å². The van der Waals surface area contributed by atoms with Crippen LogP contribution in [0.2, 0.25) is 0 Å². The zero-order valence-corrected chi connectivity index (χ0v) is 11.6. The van der Waals surface area contributed by atoms with Crippen molar-refractivity contribution < 1.29 is 4.79 Å². The van der Waals surface area contributed by atoms with Gasteiger partial charge in [-0.25, -0.2) is 0 Å². The normalized spacial score (nSPS) is 10.2. The molecular weight excluding hydrogens is 254 g/mol. The van der Waals surface area contributed by atoms with E-state index in [2.05, 4.69) is 12.6 Å². The Balaban J connectivity index is 2.10. The predicted molar refractivity (Wildman–Crippen MR) is 81.0 cm³/mol. The van der Waals surface area contributed by atoms with Crippen molar-refractivity contribution in [3.8, 4) is 0 Å². The minimum atomic E-state index is 0.0519. The molecule has 0 N–H and O–H groups in total. The molecule has 1 amide bonds. The third kappa shape index (κ3) is 4.14. The summed E-state index contributed by atoms with van der Waals surface area (Å²) in [5.41, 5.74) is 2.27. The van der Waals surface area contributed by atoms with Gasteiger partial charge >= 0.3 is 0 Å². The van der Waals surface area contributed by atoms with Crippen molar-refractivity contribution in [1.29, 1.82) is 0 Å². The molecule has 0 aliphatic carbocycles. The van der Waals surface area contributed by atoms with E-state index in [-0.39, 0.29) is 11.7 Å². The van der Waals surface area contributed by atoms with Crippen molar-refractivity contribution in [3.05, 3.63) is 71.8 Å². The molecule has 2 nitrogen and oxygen atoms in total. The highest BCUT2D eigenvalue weighted by Gasteiger charge is 2.12. The molecule has 0 radical (unpaired) electrons. The number of nitrogens with zero attached hydrogens (tertiary/aromatic N) is 1. The summed E-state index contributed by atoms with van der Waals surface area (Å²) in [7, 11) is 0. The smallest absolute Gasteiger partial charge is 0.232 e. The molecule has 0 aromatic heterocycles. The second kappa shape index (κ2) is 7.00. The molecule has 0 spiro atoms. The fourth-order valence-corrected chi connectivity index (χ4v) is 2.14. The Morgan fingerprint density at radius 1 is 0.842 bits per heavy atom. The number of carbonyl (C=O) groups excluding carboxylic acids is 1. The lowest BCUT2D eigenvalue weighted by atomic mass is 10.1. The summed E-state index contributed by atoms with van der Waals surface area (Å²) < 4.78 is 0. The largest absolute Gasteiger partial charge is 0.333 e. The van der Waals surface area contributed by atoms with Crippen LogP contribution in [0.25, 0.3) is 0 Å². The van der Waals surface area contributed by atoms with Crippen LogP contribution in [0.15, 0.2) is 60.7 Å². The van der Waals surface area contributed by atoms with Crippen molar-refractivity contribution in [2.45, 2.75) is 13.1 Å². The second-order valence-electron chi connectivity index (χ2n) is 4.38. The van der Waals surface area contributed by atoms with Crippen LogP contribution in [0.1, 0.15) is 11.1 Å². The fraction of sp³-hybridized carbons (Fsp3) is 0.188. The molecule has 0 saturated heterocycles. The SMILES string of the molecule is O=C(CS)N(Cc1ccccc1)Cc1ccccc1. The van der Waals surface area contributed by atoms with Crippen LogP contribution >= 0.6 is 12.6 Å². The minimum absolute atomic E-state index is 0.0519. The molecule has 0 heterocycles. The lowest BCUT2D eigenvalue weighted by Gasteiger charge is -2.22. The summed E-state index contributed by atoms with van der Waals surface area (Å²) in [5.74, 6) is 0.288. The molecule has 3 heteroatoms. The van der Waals surface area contributed by atoms with Gasteiger partial charge in [0.15, 0.2) is 0 Å². The maximum atomic E-state index is 12.0. The molecule has 98 valence electrons. The van der Waals surface area contributed by atoms with Crippen LogP contribution in [0, 0.1) is 0 Å². The summed E-state index contributed by atoms with van der Waals surface area (Å²) in [6.07, 6.45) is 0. The first-order valence-corrected chi connectivity index (χ1v) is 6.89. The Hall–Kier alpha value is -1.74. The Bertz CT molecular complexity index is 471. The zero-order valence-electron chi connectivity index (χ0n) is 10.7. The van der Waals surface area contributed by atoms with Gasteiger partial charge in [-0.15, -0.1) is 0 Å². The Morgan fingerprint density at radius 2 is 1.26 bits per heavy atom. The van der Waals surface area contributed by atoms with Gasteiger partial charge in [-0.3, -0.25) is 4.79 Å². The average Bonchev–Trinajstić information content (AvgIpc) is 2.48. The fourth-order valence-electron chi connectivity index (χ4n) is 1.94. The maximum Gasteiger partial charge on any atom is 0.232 e. The van der Waals surface area contributed by atoms with Crippen LogP contribution in [0.4, 0.5) is 0 Å². The van der Waals surface area contributed by atoms with E-state index < -0.39 is 0 Å². The second-order valence-corrected chi connectivity index (χ2v) is 4.70. The monoisotopic (exact) mass is 271 g/mol. The highest BCUT2D eigenvalue weighted by Crippen LogP contribution is 2.10. The molecule has 19 heavy (non-hydrogen) atoms. The zero-order chi connectivity index (χ0) is 13.5. The van der Waals surface area contributed by atoms with Gasteiger partial charge in [0.1, 0.15) is 0 Å². The van der Waals surface area contributed by atoms with E-state index in [1.54, 1.807) is 0 Å². The number of hydrogen-bond acceptors (Lipinski definition) is 2. The highest BCUT2D eigenvalue weighted by atomic mass is 32.1. The van der Waals surface area contributed by atoms with E-state index in [4.69, 9.17) is 0 Å². The van der Waals surface area contributed by atoms with Crippen molar-refractivity contribution in [3.63, 3.8) is 0 Å². The van der Waals surface area contributed by atoms with E-state index in [9.17, 15) is 4.79 Å². The van der Waals surface area contributed by atoms with E-state index >= 15 is 0 Å². The third-order valence-electron chi connectivity index (χ3n) is 2.92. The molecule has 2 rings (SSSR count). The molecule has 0 saturated carbocycles. The first-order valence-electron chi connectivity index (χ1n) is 6.26. The van der Waals surface area contributed by atoms with Gasteiger partial charge in [-0.05, 0) is 11.1 Å². The van der Waals surface area contributed by atoms with Crippen molar-refractivity contribution in [2.75, 3.05) is 5.75 Å². The molecule has 0 bridgehead atoms. The standard InChI is InChI=1S/C16H17NOS/c18-16(13-19)17(11-14-7-3-1-4-8-14)12-15-9-5-2-6-10-15/h1-10,19H,11-13H2. The summed E-state index contributed by atoms with van der Waals surface area (Å²) in [4.78, 5) is 13.8. The summed E-state index contributed by atoms with van der Waals surface area (Å²) >= 11 is 4.10. The average molecular weight is 271 g/mol. The molecule has 0 aliphatic rings. The lowest BCUT2D eigenvalue weighted by molar-refractivity contribution is -0.129. The number of amides is 1. The maximum absolute atomic E-state index is 12.0. The molecule has 0 unspecified atom stereocenters. The molecular formula is C16H17NOS. The molecule has 0 fully saturated rings. The summed E-state index contributed by atoms with van der Waals surface area (Å²) in [6.45, 7) is 1.24. The molecule has 2 aromatic carbocycles. The van der Waals surface area contributed by atoms with Crippen LogP contribution in [-0.4, -0.2) is 16.6 Å². The van der Waals surface area contributed by atoms with Gasteiger partial charge in [0.05, 0.1) is 5.75 Å². The van der Waals surface area contributed by atoms with Crippen LogP contribution < -0.4 is 0 Å².